The average molecular weight is 408 g/mol. The molecule has 1 saturated heterocycles. The molecule has 1 rings (SSSR count). The topological polar surface area (TPSA) is 20.3 Å². The van der Waals surface area contributed by atoms with Gasteiger partial charge in [-0.05, 0) is 12.5 Å². The van der Waals surface area contributed by atoms with Gasteiger partial charge in [0, 0.05) is 6.42 Å². The summed E-state index contributed by atoms with van der Waals surface area (Å²) in [7, 11) is 2.28. The highest BCUT2D eigenvalue weighted by molar-refractivity contribution is 5.76. The van der Waals surface area contributed by atoms with Gasteiger partial charge >= 0.3 is 0 Å². The van der Waals surface area contributed by atoms with Gasteiger partial charge in [0.25, 0.3) is 0 Å². The number of likely N-dealkylation sites (N-methyl/N-ethyl adjacent to an activating group) is 1. The van der Waals surface area contributed by atoms with Crippen molar-refractivity contribution in [2.45, 2.75) is 110 Å². The Bertz CT molecular complexity index is 413. The summed E-state index contributed by atoms with van der Waals surface area (Å²) in [5.74, 6) is 0.379. The zero-order valence-electron chi connectivity index (χ0n) is 19.9. The number of amides is 1. The molecule has 3 heteroatoms. The Hall–Kier alpha value is -0.830. The normalized spacial score (nSPS) is 16.1. The predicted octanol–water partition coefficient (Wildman–Crippen LogP) is 6.72. The fraction of sp³-hybridized carbons (Fsp3) is 0.885. The van der Waals surface area contributed by atoms with Gasteiger partial charge in [-0.2, -0.15) is 0 Å². The van der Waals surface area contributed by atoms with Crippen LogP contribution in [0.15, 0.2) is 12.7 Å². The van der Waals surface area contributed by atoms with Gasteiger partial charge in [-0.15, -0.1) is 0 Å². The van der Waals surface area contributed by atoms with Gasteiger partial charge in [0.1, 0.15) is 0 Å². The van der Waals surface area contributed by atoms with Gasteiger partial charge in [-0.25, -0.2) is 0 Å². The van der Waals surface area contributed by atoms with Crippen LogP contribution in [-0.4, -0.2) is 55.1 Å². The molecule has 0 N–H and O–H groups in total. The Balaban J connectivity index is 1.85. The van der Waals surface area contributed by atoms with Crippen LogP contribution in [0.2, 0.25) is 0 Å². The van der Waals surface area contributed by atoms with Crippen LogP contribution in [0.5, 0.6) is 0 Å². The summed E-state index contributed by atoms with van der Waals surface area (Å²) in [6.07, 6.45) is 23.4. The second-order valence-electron chi connectivity index (χ2n) is 9.62. The number of quaternary nitrogens is 1. The minimum absolute atomic E-state index is 0.379. The quantitative estimate of drug-likeness (QED) is 0.140. The third kappa shape index (κ3) is 13.2. The van der Waals surface area contributed by atoms with Crippen LogP contribution in [-0.2, 0) is 4.79 Å². The van der Waals surface area contributed by atoms with E-state index in [1.54, 1.807) is 0 Å². The van der Waals surface area contributed by atoms with Crippen LogP contribution in [0.1, 0.15) is 110 Å². The molecule has 0 aromatic carbocycles. The maximum atomic E-state index is 12.4. The van der Waals surface area contributed by atoms with Crippen molar-refractivity contribution in [2.24, 2.45) is 0 Å². The fourth-order valence-electron chi connectivity index (χ4n) is 4.50. The molecule has 0 aliphatic carbocycles. The number of rotatable bonds is 18. The molecule has 0 radical (unpaired) electrons. The molecule has 0 bridgehead atoms. The van der Waals surface area contributed by atoms with Crippen molar-refractivity contribution in [3.63, 3.8) is 0 Å². The van der Waals surface area contributed by atoms with Crippen molar-refractivity contribution in [3.05, 3.63) is 12.7 Å². The van der Waals surface area contributed by atoms with Crippen molar-refractivity contribution in [3.8, 4) is 0 Å². The van der Waals surface area contributed by atoms with E-state index >= 15 is 0 Å². The smallest absolute Gasteiger partial charge is 0.222 e. The highest BCUT2D eigenvalue weighted by Gasteiger charge is 2.29. The molecule has 1 amide bonds. The summed E-state index contributed by atoms with van der Waals surface area (Å²) in [5.41, 5.74) is 0. The number of unbranched alkanes of at least 4 members (excludes halogenated alkanes) is 14. The number of carbonyl (C=O) groups is 1. The van der Waals surface area contributed by atoms with Gasteiger partial charge in [-0.1, -0.05) is 103 Å². The number of nitrogens with zero attached hydrogens (tertiary/aromatic N) is 2. The first kappa shape index (κ1) is 26.2. The summed E-state index contributed by atoms with van der Waals surface area (Å²) in [5, 5.41) is 0. The number of hydrogen-bond donors (Lipinski definition) is 0. The predicted molar refractivity (Wildman–Crippen MR) is 127 cm³/mol. The summed E-state index contributed by atoms with van der Waals surface area (Å²) >= 11 is 0. The second-order valence-corrected chi connectivity index (χ2v) is 9.62. The highest BCUT2D eigenvalue weighted by atomic mass is 16.2. The van der Waals surface area contributed by atoms with E-state index in [0.717, 1.165) is 50.0 Å². The third-order valence-electron chi connectivity index (χ3n) is 6.74. The number of piperazine rings is 1. The molecule has 3 nitrogen and oxygen atoms in total. The summed E-state index contributed by atoms with van der Waals surface area (Å²) in [6, 6.07) is 0. The molecule has 0 atom stereocenters. The van der Waals surface area contributed by atoms with Crippen molar-refractivity contribution in [1.82, 2.24) is 4.90 Å². The molecular weight excluding hydrogens is 356 g/mol. The van der Waals surface area contributed by atoms with Gasteiger partial charge in [0.05, 0.1) is 39.8 Å². The van der Waals surface area contributed by atoms with E-state index in [1.807, 2.05) is 6.08 Å². The Morgan fingerprint density at radius 1 is 0.793 bits per heavy atom. The van der Waals surface area contributed by atoms with E-state index in [-0.39, 0.29) is 0 Å². The monoisotopic (exact) mass is 407 g/mol. The van der Waals surface area contributed by atoms with Gasteiger partial charge < -0.3 is 9.38 Å². The van der Waals surface area contributed by atoms with Crippen LogP contribution in [0.4, 0.5) is 0 Å². The maximum absolute atomic E-state index is 12.4. The van der Waals surface area contributed by atoms with Crippen LogP contribution >= 0.6 is 0 Å². The van der Waals surface area contributed by atoms with Crippen molar-refractivity contribution in [1.29, 1.82) is 0 Å². The second kappa shape index (κ2) is 16.9. The zero-order valence-corrected chi connectivity index (χ0v) is 19.9. The Morgan fingerprint density at radius 3 is 1.62 bits per heavy atom. The molecule has 1 fully saturated rings. The molecule has 0 spiro atoms. The zero-order chi connectivity index (χ0) is 21.2. The molecule has 0 saturated carbocycles. The van der Waals surface area contributed by atoms with Gasteiger partial charge in [0.2, 0.25) is 5.91 Å². The van der Waals surface area contributed by atoms with Crippen molar-refractivity contribution < 1.29 is 9.28 Å². The molecule has 0 aromatic rings. The van der Waals surface area contributed by atoms with Gasteiger partial charge in [-0.3, -0.25) is 4.79 Å². The van der Waals surface area contributed by atoms with E-state index in [0.29, 0.717) is 5.91 Å². The fourth-order valence-corrected chi connectivity index (χ4v) is 4.50. The first-order valence-corrected chi connectivity index (χ1v) is 12.8. The summed E-state index contributed by atoms with van der Waals surface area (Å²) < 4.78 is 1.03. The number of carbonyl (C=O) groups excluding carboxylic acids is 1. The molecule has 29 heavy (non-hydrogen) atoms. The largest absolute Gasteiger partial charge is 0.331 e. The third-order valence-corrected chi connectivity index (χ3v) is 6.74. The Morgan fingerprint density at radius 2 is 1.21 bits per heavy atom. The Labute approximate surface area is 182 Å². The molecule has 1 aliphatic heterocycles. The first-order valence-electron chi connectivity index (χ1n) is 12.8. The lowest BCUT2D eigenvalue weighted by Gasteiger charge is -2.41. The number of hydrogen-bond acceptors (Lipinski definition) is 1. The minimum Gasteiger partial charge on any atom is -0.331 e. The summed E-state index contributed by atoms with van der Waals surface area (Å²) in [4.78, 5) is 14.5. The van der Waals surface area contributed by atoms with E-state index in [9.17, 15) is 4.79 Å². The van der Waals surface area contributed by atoms with E-state index in [4.69, 9.17) is 0 Å². The lowest BCUT2D eigenvalue weighted by molar-refractivity contribution is -0.907. The molecule has 0 aromatic heterocycles. The molecule has 1 aliphatic rings. The summed E-state index contributed by atoms with van der Waals surface area (Å²) in [6.45, 7) is 11.1. The average Bonchev–Trinajstić information content (AvgIpc) is 2.71. The molecule has 0 unspecified atom stereocenters. The van der Waals surface area contributed by atoms with Crippen LogP contribution in [0.25, 0.3) is 0 Å². The Kier molecular flexibility index (Phi) is 15.3. The van der Waals surface area contributed by atoms with E-state index in [1.165, 1.54) is 89.9 Å². The van der Waals surface area contributed by atoms with E-state index in [2.05, 4.69) is 25.5 Å². The lowest BCUT2D eigenvalue weighted by Crippen LogP contribution is -2.58. The highest BCUT2D eigenvalue weighted by Crippen LogP contribution is 2.15. The van der Waals surface area contributed by atoms with Crippen LogP contribution in [0.3, 0.4) is 0 Å². The molecule has 170 valence electrons. The SMILES string of the molecule is C=CC[N+]1(C)CCN(C(=O)CCCCCCCCCCCCCCCCC)CC1. The van der Waals surface area contributed by atoms with Crippen LogP contribution < -0.4 is 0 Å². The lowest BCUT2D eigenvalue weighted by atomic mass is 10.0. The van der Waals surface area contributed by atoms with Crippen molar-refractivity contribution in [2.75, 3.05) is 39.8 Å². The van der Waals surface area contributed by atoms with Crippen molar-refractivity contribution >= 4 is 5.91 Å². The van der Waals surface area contributed by atoms with E-state index < -0.39 is 0 Å². The molecular formula is C26H51N2O+. The first-order chi connectivity index (χ1) is 14.1. The standard InChI is InChI=1S/C26H51N2O/c1-4-6-7-8-9-10-11-12-13-14-15-16-17-18-19-20-26(29)27-21-24-28(3,23-5-2)25-22-27/h5H,2,4,6-25H2,1,3H3/q+1. The molecule has 1 heterocycles. The maximum Gasteiger partial charge on any atom is 0.222 e. The van der Waals surface area contributed by atoms with Gasteiger partial charge in [0.15, 0.2) is 0 Å². The van der Waals surface area contributed by atoms with Crippen LogP contribution in [0, 0.1) is 0 Å². The minimum atomic E-state index is 0.379.